The molecular weight excluding hydrogens is 241 g/mol. The summed E-state index contributed by atoms with van der Waals surface area (Å²) in [5, 5.41) is 3.46. The number of benzene rings is 1. The molecule has 1 aromatic rings. The van der Waals surface area contributed by atoms with Gasteiger partial charge in [0, 0.05) is 12.2 Å². The Labute approximate surface area is 115 Å². The second-order valence-electron chi connectivity index (χ2n) is 5.56. The molecule has 1 aliphatic rings. The van der Waals surface area contributed by atoms with Crippen molar-refractivity contribution in [2.24, 2.45) is 5.92 Å². The molecule has 0 saturated carbocycles. The topological polar surface area (TPSA) is 21.3 Å². The minimum Gasteiger partial charge on any atom is -0.376 e. The van der Waals surface area contributed by atoms with Gasteiger partial charge in [0.25, 0.3) is 0 Å². The quantitative estimate of drug-likeness (QED) is 0.878. The second-order valence-corrected chi connectivity index (χ2v) is 5.56. The number of hydrogen-bond acceptors (Lipinski definition) is 2. The molecule has 0 amide bonds. The molecule has 3 atom stereocenters. The van der Waals surface area contributed by atoms with Gasteiger partial charge in [-0.25, -0.2) is 4.39 Å². The SMILES string of the molecule is CCCNC(c1cc(C)ccc1F)C1OCCC1C. The van der Waals surface area contributed by atoms with Gasteiger partial charge in [0.05, 0.1) is 12.1 Å². The molecule has 1 fully saturated rings. The van der Waals surface area contributed by atoms with E-state index in [-0.39, 0.29) is 18.0 Å². The van der Waals surface area contributed by atoms with Gasteiger partial charge in [-0.3, -0.25) is 0 Å². The number of nitrogens with one attached hydrogen (secondary N) is 1. The van der Waals surface area contributed by atoms with Gasteiger partial charge in [0.1, 0.15) is 5.82 Å². The molecule has 2 rings (SSSR count). The molecule has 0 aliphatic carbocycles. The minimum absolute atomic E-state index is 0.0441. The van der Waals surface area contributed by atoms with Crippen LogP contribution in [0.2, 0.25) is 0 Å². The third kappa shape index (κ3) is 3.34. The van der Waals surface area contributed by atoms with Gasteiger partial charge in [0.15, 0.2) is 0 Å². The van der Waals surface area contributed by atoms with Crippen LogP contribution in [0.1, 0.15) is 43.9 Å². The molecule has 0 radical (unpaired) electrons. The maximum absolute atomic E-state index is 14.1. The molecular formula is C16H24FNO. The van der Waals surface area contributed by atoms with E-state index in [1.165, 1.54) is 0 Å². The first-order valence-electron chi connectivity index (χ1n) is 7.24. The van der Waals surface area contributed by atoms with Gasteiger partial charge in [-0.1, -0.05) is 31.5 Å². The molecule has 3 heteroatoms. The first kappa shape index (κ1) is 14.5. The lowest BCUT2D eigenvalue weighted by Gasteiger charge is -2.28. The minimum atomic E-state index is -0.137. The molecule has 1 heterocycles. The molecule has 1 aliphatic heterocycles. The summed E-state index contributed by atoms with van der Waals surface area (Å²) < 4.78 is 20.0. The number of ether oxygens (including phenoxy) is 1. The average Bonchev–Trinajstić information content (AvgIpc) is 2.80. The van der Waals surface area contributed by atoms with E-state index >= 15 is 0 Å². The Kier molecular flexibility index (Phi) is 4.94. The van der Waals surface area contributed by atoms with Crippen LogP contribution in [0.5, 0.6) is 0 Å². The highest BCUT2D eigenvalue weighted by Gasteiger charge is 2.34. The number of rotatable bonds is 5. The monoisotopic (exact) mass is 265 g/mol. The van der Waals surface area contributed by atoms with Gasteiger partial charge in [-0.15, -0.1) is 0 Å². The summed E-state index contributed by atoms with van der Waals surface area (Å²) in [5.41, 5.74) is 1.83. The highest BCUT2D eigenvalue weighted by atomic mass is 19.1. The van der Waals surface area contributed by atoms with E-state index in [9.17, 15) is 4.39 Å². The summed E-state index contributed by atoms with van der Waals surface area (Å²) in [6.45, 7) is 7.97. The van der Waals surface area contributed by atoms with Crippen LogP contribution in [-0.2, 0) is 4.74 Å². The maximum Gasteiger partial charge on any atom is 0.128 e. The Morgan fingerprint density at radius 3 is 2.89 bits per heavy atom. The van der Waals surface area contributed by atoms with E-state index in [1.807, 2.05) is 19.1 Å². The third-order valence-corrected chi connectivity index (χ3v) is 3.87. The van der Waals surface area contributed by atoms with Crippen LogP contribution in [0.3, 0.4) is 0 Å². The summed E-state index contributed by atoms with van der Waals surface area (Å²) >= 11 is 0. The van der Waals surface area contributed by atoms with Crippen LogP contribution >= 0.6 is 0 Å². The van der Waals surface area contributed by atoms with Crippen molar-refractivity contribution in [2.75, 3.05) is 13.2 Å². The summed E-state index contributed by atoms with van der Waals surface area (Å²) in [5.74, 6) is 0.330. The standard InChI is InChI=1S/C16H24FNO/c1-4-8-18-15(16-12(3)7-9-19-16)13-10-11(2)5-6-14(13)17/h5-6,10,12,15-16,18H,4,7-9H2,1-3H3. The Balaban J connectivity index is 2.28. The summed E-state index contributed by atoms with van der Waals surface area (Å²) in [4.78, 5) is 0. The van der Waals surface area contributed by atoms with E-state index in [2.05, 4.69) is 19.2 Å². The van der Waals surface area contributed by atoms with Crippen molar-refractivity contribution in [1.29, 1.82) is 0 Å². The second kappa shape index (κ2) is 6.49. The molecule has 1 saturated heterocycles. The molecule has 2 nitrogen and oxygen atoms in total. The van der Waals surface area contributed by atoms with E-state index in [0.29, 0.717) is 5.92 Å². The van der Waals surface area contributed by atoms with Gasteiger partial charge < -0.3 is 10.1 Å². The lowest BCUT2D eigenvalue weighted by Crippen LogP contribution is -2.35. The van der Waals surface area contributed by atoms with Crippen LogP contribution in [0.15, 0.2) is 18.2 Å². The van der Waals surface area contributed by atoms with E-state index < -0.39 is 0 Å². The van der Waals surface area contributed by atoms with Crippen molar-refractivity contribution in [3.8, 4) is 0 Å². The molecule has 0 bridgehead atoms. The number of aryl methyl sites for hydroxylation is 1. The zero-order valence-corrected chi connectivity index (χ0v) is 12.1. The first-order valence-corrected chi connectivity index (χ1v) is 7.24. The highest BCUT2D eigenvalue weighted by Crippen LogP contribution is 2.32. The normalized spacial score (nSPS) is 24.6. The summed E-state index contributed by atoms with van der Waals surface area (Å²) in [6.07, 6.45) is 2.16. The lowest BCUT2D eigenvalue weighted by atomic mass is 9.91. The Hall–Kier alpha value is -0.930. The predicted octanol–water partition coefficient (Wildman–Crippen LogP) is 3.60. The van der Waals surface area contributed by atoms with Crippen LogP contribution in [-0.4, -0.2) is 19.3 Å². The highest BCUT2D eigenvalue weighted by molar-refractivity contribution is 5.28. The fourth-order valence-corrected chi connectivity index (χ4v) is 2.75. The Morgan fingerprint density at radius 2 is 2.26 bits per heavy atom. The maximum atomic E-state index is 14.1. The van der Waals surface area contributed by atoms with Gasteiger partial charge in [-0.2, -0.15) is 0 Å². The van der Waals surface area contributed by atoms with Crippen molar-refractivity contribution in [3.63, 3.8) is 0 Å². The zero-order chi connectivity index (χ0) is 13.8. The molecule has 1 aromatic carbocycles. The van der Waals surface area contributed by atoms with Crippen molar-refractivity contribution in [1.82, 2.24) is 5.32 Å². The molecule has 3 unspecified atom stereocenters. The molecule has 1 N–H and O–H groups in total. The van der Waals surface area contributed by atoms with Crippen LogP contribution < -0.4 is 5.32 Å². The molecule has 0 spiro atoms. The predicted molar refractivity (Wildman–Crippen MR) is 75.7 cm³/mol. The van der Waals surface area contributed by atoms with Crippen molar-refractivity contribution in [3.05, 3.63) is 35.1 Å². The van der Waals surface area contributed by atoms with E-state index in [4.69, 9.17) is 4.74 Å². The van der Waals surface area contributed by atoms with Crippen LogP contribution in [0, 0.1) is 18.7 Å². The van der Waals surface area contributed by atoms with Crippen LogP contribution in [0.25, 0.3) is 0 Å². The van der Waals surface area contributed by atoms with Crippen molar-refractivity contribution >= 4 is 0 Å². The lowest BCUT2D eigenvalue weighted by molar-refractivity contribution is 0.0596. The van der Waals surface area contributed by atoms with E-state index in [0.717, 1.165) is 37.1 Å². The Morgan fingerprint density at radius 1 is 1.47 bits per heavy atom. The molecule has 106 valence electrons. The van der Waals surface area contributed by atoms with Crippen LogP contribution in [0.4, 0.5) is 4.39 Å². The molecule has 19 heavy (non-hydrogen) atoms. The zero-order valence-electron chi connectivity index (χ0n) is 12.1. The van der Waals surface area contributed by atoms with Gasteiger partial charge >= 0.3 is 0 Å². The Bertz CT molecular complexity index is 421. The number of hydrogen-bond donors (Lipinski definition) is 1. The fraction of sp³-hybridized carbons (Fsp3) is 0.625. The van der Waals surface area contributed by atoms with Gasteiger partial charge in [0.2, 0.25) is 0 Å². The molecule has 0 aromatic heterocycles. The largest absolute Gasteiger partial charge is 0.376 e. The van der Waals surface area contributed by atoms with Crippen molar-refractivity contribution < 1.29 is 9.13 Å². The summed E-state index contributed by atoms with van der Waals surface area (Å²) in [7, 11) is 0. The smallest absolute Gasteiger partial charge is 0.128 e. The van der Waals surface area contributed by atoms with E-state index in [1.54, 1.807) is 6.07 Å². The summed E-state index contributed by atoms with van der Waals surface area (Å²) in [6, 6.07) is 5.27. The third-order valence-electron chi connectivity index (χ3n) is 3.87. The van der Waals surface area contributed by atoms with Crippen molar-refractivity contribution in [2.45, 2.75) is 45.8 Å². The average molecular weight is 265 g/mol. The number of halogens is 1. The fourth-order valence-electron chi connectivity index (χ4n) is 2.75. The first-order chi connectivity index (χ1) is 9.13. The van der Waals surface area contributed by atoms with Gasteiger partial charge in [-0.05, 0) is 38.3 Å².